The highest BCUT2D eigenvalue weighted by molar-refractivity contribution is 5.73. The Hall–Kier alpha value is -4.90. The van der Waals surface area contributed by atoms with Crippen LogP contribution < -0.4 is 24.7 Å². The summed E-state index contributed by atoms with van der Waals surface area (Å²) in [5.41, 5.74) is 10.4. The first kappa shape index (κ1) is 23.8. The van der Waals surface area contributed by atoms with Crippen molar-refractivity contribution in [2.45, 2.75) is 19.4 Å². The Balaban J connectivity index is 1.66. The van der Waals surface area contributed by atoms with Crippen LogP contribution in [-0.2, 0) is 6.61 Å². The molecule has 1 aromatic heterocycles. The van der Waals surface area contributed by atoms with Gasteiger partial charge in [-0.25, -0.2) is 0 Å². The summed E-state index contributed by atoms with van der Waals surface area (Å²) >= 11 is 0. The van der Waals surface area contributed by atoms with Gasteiger partial charge in [0, 0.05) is 11.1 Å². The van der Waals surface area contributed by atoms with Crippen molar-refractivity contribution < 1.29 is 18.9 Å². The number of hydrogen-bond donors (Lipinski definition) is 2. The fourth-order valence-corrected chi connectivity index (χ4v) is 4.49. The molecule has 1 aliphatic rings. The third-order valence-electron chi connectivity index (χ3n) is 6.14. The summed E-state index contributed by atoms with van der Waals surface area (Å²) in [4.78, 5) is 0. The second kappa shape index (κ2) is 10.4. The van der Waals surface area contributed by atoms with Crippen LogP contribution in [0.25, 0.3) is 11.3 Å². The summed E-state index contributed by atoms with van der Waals surface area (Å²) in [6.07, 6.45) is 0. The maximum absolute atomic E-state index is 10.2. The Bertz CT molecular complexity index is 1490. The number of benzene rings is 3. The number of allylic oxidation sites excluding steroid dienone is 1. The van der Waals surface area contributed by atoms with Gasteiger partial charge in [0.25, 0.3) is 0 Å². The van der Waals surface area contributed by atoms with E-state index in [0.29, 0.717) is 47.4 Å². The molecular formula is C29H26N4O4. The van der Waals surface area contributed by atoms with E-state index in [1.54, 1.807) is 7.11 Å². The number of methoxy groups -OCH3 is 1. The molecule has 1 aliphatic heterocycles. The van der Waals surface area contributed by atoms with Gasteiger partial charge in [0.2, 0.25) is 11.8 Å². The van der Waals surface area contributed by atoms with Crippen molar-refractivity contribution in [1.82, 2.24) is 10.2 Å². The van der Waals surface area contributed by atoms with Crippen molar-refractivity contribution in [3.63, 3.8) is 0 Å². The number of rotatable bonds is 8. The van der Waals surface area contributed by atoms with Crippen molar-refractivity contribution >= 4 is 0 Å². The number of nitrogens with two attached hydrogens (primary N) is 1. The molecule has 8 nitrogen and oxygen atoms in total. The monoisotopic (exact) mass is 494 g/mol. The zero-order valence-corrected chi connectivity index (χ0v) is 20.5. The minimum absolute atomic E-state index is 0.00190. The molecule has 1 unspecified atom stereocenters. The average Bonchev–Trinajstić information content (AvgIpc) is 3.35. The Kier molecular flexibility index (Phi) is 6.68. The number of nitrogens with one attached hydrogen (secondary N) is 1. The van der Waals surface area contributed by atoms with Crippen LogP contribution in [0.5, 0.6) is 23.1 Å². The predicted octanol–water partition coefficient (Wildman–Crippen LogP) is 5.28. The van der Waals surface area contributed by atoms with Crippen molar-refractivity contribution in [2.75, 3.05) is 13.7 Å². The molecule has 4 aromatic rings. The number of H-pyrrole nitrogens is 1. The molecule has 3 aromatic carbocycles. The van der Waals surface area contributed by atoms with E-state index in [2.05, 4.69) is 16.3 Å². The smallest absolute Gasteiger partial charge is 0.244 e. The zero-order chi connectivity index (χ0) is 25.8. The van der Waals surface area contributed by atoms with Gasteiger partial charge in [-0.2, -0.15) is 5.26 Å². The van der Waals surface area contributed by atoms with Crippen LogP contribution in [0.2, 0.25) is 0 Å². The van der Waals surface area contributed by atoms with Crippen LogP contribution >= 0.6 is 0 Å². The number of nitrogens with zero attached hydrogens (tertiary/aromatic N) is 2. The molecular weight excluding hydrogens is 468 g/mol. The lowest BCUT2D eigenvalue weighted by Gasteiger charge is -2.26. The number of para-hydroxylation sites is 1. The molecule has 8 heteroatoms. The lowest BCUT2D eigenvalue weighted by molar-refractivity contribution is 0.280. The molecule has 5 rings (SSSR count). The second-order valence-corrected chi connectivity index (χ2v) is 8.36. The quantitative estimate of drug-likeness (QED) is 0.342. The number of hydrogen-bond acceptors (Lipinski definition) is 7. The molecule has 0 spiro atoms. The van der Waals surface area contributed by atoms with Gasteiger partial charge in [0.1, 0.15) is 24.0 Å². The van der Waals surface area contributed by atoms with Gasteiger partial charge in [-0.1, -0.05) is 54.6 Å². The summed E-state index contributed by atoms with van der Waals surface area (Å²) < 4.78 is 23.5. The fourth-order valence-electron chi connectivity index (χ4n) is 4.49. The molecule has 3 N–H and O–H groups in total. The third-order valence-corrected chi connectivity index (χ3v) is 6.14. The Morgan fingerprint density at radius 2 is 1.86 bits per heavy atom. The number of aromatic nitrogens is 2. The van der Waals surface area contributed by atoms with Gasteiger partial charge in [-0.3, -0.25) is 5.10 Å². The predicted molar refractivity (Wildman–Crippen MR) is 138 cm³/mol. The maximum atomic E-state index is 10.2. The van der Waals surface area contributed by atoms with E-state index in [1.165, 1.54) is 0 Å². The topological polar surface area (TPSA) is 115 Å². The average molecular weight is 495 g/mol. The minimum Gasteiger partial charge on any atom is -0.494 e. The van der Waals surface area contributed by atoms with Crippen LogP contribution in [0, 0.1) is 11.3 Å². The molecule has 0 bridgehead atoms. The van der Waals surface area contributed by atoms with Crippen LogP contribution in [0.15, 0.2) is 84.3 Å². The van der Waals surface area contributed by atoms with Crippen molar-refractivity contribution in [3.8, 4) is 40.5 Å². The molecule has 0 saturated heterocycles. The van der Waals surface area contributed by atoms with E-state index in [1.807, 2.05) is 79.7 Å². The van der Waals surface area contributed by atoms with Gasteiger partial charge < -0.3 is 24.7 Å². The van der Waals surface area contributed by atoms with E-state index in [4.69, 9.17) is 24.7 Å². The van der Waals surface area contributed by atoms with E-state index in [0.717, 1.165) is 16.9 Å². The summed E-state index contributed by atoms with van der Waals surface area (Å²) in [5.74, 6) is 1.47. The first-order valence-electron chi connectivity index (χ1n) is 11.9. The molecule has 37 heavy (non-hydrogen) atoms. The standard InChI is InChI=1S/C29H26N4O4/c1-3-35-20-12-7-11-19(15-20)26-25-24(22(16-30)28(31)37-29(25)33-32-26)21-13-8-14-23(34-2)27(21)36-17-18-9-5-4-6-10-18/h4-15,24H,3,17,31H2,1-2H3,(H,32,33). The van der Waals surface area contributed by atoms with Crippen LogP contribution in [0.4, 0.5) is 0 Å². The van der Waals surface area contributed by atoms with Crippen LogP contribution in [0.3, 0.4) is 0 Å². The third kappa shape index (κ3) is 4.55. The lowest BCUT2D eigenvalue weighted by atomic mass is 9.82. The van der Waals surface area contributed by atoms with Crippen LogP contribution in [0.1, 0.15) is 29.5 Å². The van der Waals surface area contributed by atoms with Crippen molar-refractivity contribution in [1.29, 1.82) is 5.26 Å². The Morgan fingerprint density at radius 3 is 2.62 bits per heavy atom. The minimum atomic E-state index is -0.612. The van der Waals surface area contributed by atoms with Gasteiger partial charge in [0.15, 0.2) is 11.5 Å². The molecule has 2 heterocycles. The molecule has 1 atom stereocenters. The first-order chi connectivity index (χ1) is 18.1. The summed E-state index contributed by atoms with van der Waals surface area (Å²) in [6, 6.07) is 25.3. The lowest BCUT2D eigenvalue weighted by Crippen LogP contribution is -2.21. The summed E-state index contributed by atoms with van der Waals surface area (Å²) in [7, 11) is 1.59. The number of aromatic amines is 1. The number of ether oxygens (including phenoxy) is 4. The Morgan fingerprint density at radius 1 is 1.05 bits per heavy atom. The molecule has 0 fully saturated rings. The first-order valence-corrected chi connectivity index (χ1v) is 11.9. The van der Waals surface area contributed by atoms with Gasteiger partial charge in [0.05, 0.1) is 30.9 Å². The maximum Gasteiger partial charge on any atom is 0.244 e. The summed E-state index contributed by atoms with van der Waals surface area (Å²) in [6.45, 7) is 2.79. The van der Waals surface area contributed by atoms with E-state index in [-0.39, 0.29) is 11.5 Å². The summed E-state index contributed by atoms with van der Waals surface area (Å²) in [5, 5.41) is 17.6. The SMILES string of the molecule is CCOc1cccc(-c2[nH]nc3c2C(c2cccc(OC)c2OCc2ccccc2)C(C#N)=C(N)O3)c1. The normalized spacial score (nSPS) is 14.4. The van der Waals surface area contributed by atoms with Gasteiger partial charge in [-0.15, -0.1) is 5.10 Å². The number of nitriles is 1. The van der Waals surface area contributed by atoms with E-state index >= 15 is 0 Å². The largest absolute Gasteiger partial charge is 0.494 e. The van der Waals surface area contributed by atoms with Gasteiger partial charge in [-0.05, 0) is 30.7 Å². The highest BCUT2D eigenvalue weighted by atomic mass is 16.5. The zero-order valence-electron chi connectivity index (χ0n) is 20.5. The molecule has 0 aliphatic carbocycles. The molecule has 186 valence electrons. The molecule has 0 amide bonds. The Labute approximate surface area is 214 Å². The van der Waals surface area contributed by atoms with E-state index < -0.39 is 5.92 Å². The second-order valence-electron chi connectivity index (χ2n) is 8.36. The molecule has 0 radical (unpaired) electrons. The van der Waals surface area contributed by atoms with Crippen LogP contribution in [-0.4, -0.2) is 23.9 Å². The molecule has 0 saturated carbocycles. The van der Waals surface area contributed by atoms with E-state index in [9.17, 15) is 5.26 Å². The van der Waals surface area contributed by atoms with Gasteiger partial charge >= 0.3 is 0 Å². The van der Waals surface area contributed by atoms with Crippen molar-refractivity contribution in [2.24, 2.45) is 5.73 Å². The highest BCUT2D eigenvalue weighted by Gasteiger charge is 2.38. The fraction of sp³-hybridized carbons (Fsp3) is 0.172. The highest BCUT2D eigenvalue weighted by Crippen LogP contribution is 2.50. The number of fused-ring (bicyclic) bond motifs is 1. The van der Waals surface area contributed by atoms with Crippen molar-refractivity contribution in [3.05, 3.63) is 101 Å².